The molecule has 8 heteroatoms. The standard InChI is InChI=1S/C10H9ClN2O5/c11-6-1-2-8(13(17)18)7(5-6)10(16)12-4-3-9(14)15/h1-2,5H,3-4H2,(H,12,16)(H,14,15). The monoisotopic (exact) mass is 272 g/mol. The molecule has 0 fully saturated rings. The molecule has 0 radical (unpaired) electrons. The predicted octanol–water partition coefficient (Wildman–Crippen LogP) is 1.45. The van der Waals surface area contributed by atoms with E-state index < -0.39 is 16.8 Å². The van der Waals surface area contributed by atoms with Crippen molar-refractivity contribution in [2.75, 3.05) is 6.54 Å². The number of hydrogen-bond acceptors (Lipinski definition) is 4. The molecule has 0 heterocycles. The number of carbonyl (C=O) groups is 2. The molecule has 0 aliphatic heterocycles. The van der Waals surface area contributed by atoms with Crippen molar-refractivity contribution in [2.45, 2.75) is 6.42 Å². The molecule has 2 N–H and O–H groups in total. The second-order valence-electron chi connectivity index (χ2n) is 3.32. The van der Waals surface area contributed by atoms with Gasteiger partial charge in [0.05, 0.1) is 11.3 Å². The van der Waals surface area contributed by atoms with Crippen molar-refractivity contribution in [3.63, 3.8) is 0 Å². The van der Waals surface area contributed by atoms with Crippen molar-refractivity contribution in [1.29, 1.82) is 0 Å². The molecule has 0 atom stereocenters. The molecule has 0 aliphatic carbocycles. The van der Waals surface area contributed by atoms with Crippen LogP contribution < -0.4 is 5.32 Å². The lowest BCUT2D eigenvalue weighted by Crippen LogP contribution is -2.26. The normalized spacial score (nSPS) is 9.83. The Morgan fingerprint density at radius 2 is 2.11 bits per heavy atom. The second-order valence-corrected chi connectivity index (χ2v) is 3.75. The zero-order chi connectivity index (χ0) is 13.7. The summed E-state index contributed by atoms with van der Waals surface area (Å²) in [6.07, 6.45) is -0.264. The van der Waals surface area contributed by atoms with Crippen LogP contribution in [0.5, 0.6) is 0 Å². The Morgan fingerprint density at radius 1 is 1.44 bits per heavy atom. The minimum Gasteiger partial charge on any atom is -0.481 e. The highest BCUT2D eigenvalue weighted by Crippen LogP contribution is 2.22. The zero-order valence-corrected chi connectivity index (χ0v) is 9.81. The largest absolute Gasteiger partial charge is 0.481 e. The Hall–Kier alpha value is -2.15. The van der Waals surface area contributed by atoms with Gasteiger partial charge in [-0.1, -0.05) is 11.6 Å². The number of aliphatic carboxylic acids is 1. The molecule has 0 aromatic heterocycles. The number of hydrogen-bond donors (Lipinski definition) is 2. The number of nitrogens with one attached hydrogen (secondary N) is 1. The van der Waals surface area contributed by atoms with E-state index in [1.165, 1.54) is 6.07 Å². The summed E-state index contributed by atoms with van der Waals surface area (Å²) in [6.45, 7) is -0.113. The maximum atomic E-state index is 11.6. The Morgan fingerprint density at radius 3 is 2.67 bits per heavy atom. The fraction of sp³-hybridized carbons (Fsp3) is 0.200. The molecule has 7 nitrogen and oxygen atoms in total. The molecule has 0 unspecified atom stereocenters. The highest BCUT2D eigenvalue weighted by Gasteiger charge is 2.20. The van der Waals surface area contributed by atoms with Gasteiger partial charge in [-0.15, -0.1) is 0 Å². The molecule has 96 valence electrons. The molecule has 0 aliphatic rings. The number of nitrogens with zero attached hydrogens (tertiary/aromatic N) is 1. The summed E-state index contributed by atoms with van der Waals surface area (Å²) < 4.78 is 0. The number of carboxylic acid groups (broad SMARTS) is 1. The first-order chi connectivity index (χ1) is 8.41. The van der Waals surface area contributed by atoms with Gasteiger partial charge >= 0.3 is 5.97 Å². The van der Waals surface area contributed by atoms with Crippen molar-refractivity contribution in [1.82, 2.24) is 5.32 Å². The maximum absolute atomic E-state index is 11.6. The van der Waals surface area contributed by atoms with E-state index in [-0.39, 0.29) is 29.2 Å². The molecule has 1 aromatic carbocycles. The summed E-state index contributed by atoms with van der Waals surface area (Å²) in [4.78, 5) is 31.9. The van der Waals surface area contributed by atoms with Crippen LogP contribution in [0.4, 0.5) is 5.69 Å². The van der Waals surface area contributed by atoms with E-state index in [4.69, 9.17) is 16.7 Å². The average molecular weight is 273 g/mol. The lowest BCUT2D eigenvalue weighted by atomic mass is 10.1. The van der Waals surface area contributed by atoms with E-state index in [0.29, 0.717) is 0 Å². The Kier molecular flexibility index (Phi) is 4.61. The number of benzene rings is 1. The lowest BCUT2D eigenvalue weighted by Gasteiger charge is -2.04. The summed E-state index contributed by atoms with van der Waals surface area (Å²) in [5, 5.41) is 21.6. The Bertz CT molecular complexity index is 503. The van der Waals surface area contributed by atoms with E-state index in [1.807, 2.05) is 0 Å². The number of carboxylic acids is 1. The summed E-state index contributed by atoms with van der Waals surface area (Å²) in [7, 11) is 0. The van der Waals surface area contributed by atoms with Gasteiger partial charge in [-0.3, -0.25) is 19.7 Å². The van der Waals surface area contributed by atoms with Crippen LogP contribution in [-0.2, 0) is 4.79 Å². The van der Waals surface area contributed by atoms with Gasteiger partial charge < -0.3 is 10.4 Å². The summed E-state index contributed by atoms with van der Waals surface area (Å²) in [5.74, 6) is -1.80. The first kappa shape index (κ1) is 13.9. The average Bonchev–Trinajstić information content (AvgIpc) is 2.27. The third-order valence-corrected chi connectivity index (χ3v) is 2.26. The van der Waals surface area contributed by atoms with Crippen LogP contribution in [0.1, 0.15) is 16.8 Å². The van der Waals surface area contributed by atoms with Crippen LogP contribution in [-0.4, -0.2) is 28.5 Å². The molecule has 1 amide bonds. The lowest BCUT2D eigenvalue weighted by molar-refractivity contribution is -0.385. The van der Waals surface area contributed by atoms with E-state index in [0.717, 1.165) is 12.1 Å². The van der Waals surface area contributed by atoms with Crippen LogP contribution >= 0.6 is 11.6 Å². The van der Waals surface area contributed by atoms with Gasteiger partial charge in [0.2, 0.25) is 0 Å². The van der Waals surface area contributed by atoms with Crippen LogP contribution in [0.2, 0.25) is 5.02 Å². The smallest absolute Gasteiger partial charge is 0.305 e. The number of nitro benzene ring substituents is 1. The van der Waals surface area contributed by atoms with Gasteiger partial charge in [0.25, 0.3) is 11.6 Å². The van der Waals surface area contributed by atoms with Crippen LogP contribution in [0.3, 0.4) is 0 Å². The van der Waals surface area contributed by atoms with E-state index in [1.54, 1.807) is 0 Å². The molecule has 1 rings (SSSR count). The van der Waals surface area contributed by atoms with E-state index >= 15 is 0 Å². The first-order valence-corrected chi connectivity index (χ1v) is 5.23. The summed E-state index contributed by atoms with van der Waals surface area (Å²) in [5.41, 5.74) is -0.579. The number of halogens is 1. The van der Waals surface area contributed by atoms with Gasteiger partial charge in [0, 0.05) is 17.6 Å². The fourth-order valence-corrected chi connectivity index (χ4v) is 1.40. The highest BCUT2D eigenvalue weighted by atomic mass is 35.5. The summed E-state index contributed by atoms with van der Waals surface area (Å²) >= 11 is 5.65. The third kappa shape index (κ3) is 3.70. The minimum absolute atomic E-state index is 0.113. The second kappa shape index (κ2) is 5.97. The van der Waals surface area contributed by atoms with Crippen molar-refractivity contribution < 1.29 is 19.6 Å². The third-order valence-electron chi connectivity index (χ3n) is 2.02. The van der Waals surface area contributed by atoms with Gasteiger partial charge in [-0.25, -0.2) is 0 Å². The molecular formula is C10H9ClN2O5. The van der Waals surface area contributed by atoms with Crippen molar-refractivity contribution in [2.24, 2.45) is 0 Å². The summed E-state index contributed by atoms with van der Waals surface area (Å²) in [6, 6.07) is 3.58. The molecule has 18 heavy (non-hydrogen) atoms. The van der Waals surface area contributed by atoms with Crippen LogP contribution in [0, 0.1) is 10.1 Å². The quantitative estimate of drug-likeness (QED) is 0.623. The molecule has 0 spiro atoms. The van der Waals surface area contributed by atoms with Crippen molar-refractivity contribution >= 4 is 29.2 Å². The van der Waals surface area contributed by atoms with Gasteiger partial charge in [-0.05, 0) is 12.1 Å². The Labute approximate surface area is 107 Å². The number of nitro groups is 1. The van der Waals surface area contributed by atoms with Crippen molar-refractivity contribution in [3.8, 4) is 0 Å². The van der Waals surface area contributed by atoms with Gasteiger partial charge in [0.1, 0.15) is 5.56 Å². The van der Waals surface area contributed by atoms with Crippen molar-refractivity contribution in [3.05, 3.63) is 38.9 Å². The van der Waals surface area contributed by atoms with Gasteiger partial charge in [-0.2, -0.15) is 0 Å². The topological polar surface area (TPSA) is 110 Å². The number of carbonyl (C=O) groups excluding carboxylic acids is 1. The molecule has 1 aromatic rings. The van der Waals surface area contributed by atoms with Gasteiger partial charge in [0.15, 0.2) is 0 Å². The SMILES string of the molecule is O=C(O)CCNC(=O)c1cc(Cl)ccc1[N+](=O)[O-]. The fourth-order valence-electron chi connectivity index (χ4n) is 1.23. The molecular weight excluding hydrogens is 264 g/mol. The number of rotatable bonds is 5. The van der Waals surface area contributed by atoms with Crippen LogP contribution in [0.15, 0.2) is 18.2 Å². The van der Waals surface area contributed by atoms with E-state index in [2.05, 4.69) is 5.32 Å². The predicted molar refractivity (Wildman–Crippen MR) is 62.7 cm³/mol. The minimum atomic E-state index is -1.07. The molecule has 0 saturated heterocycles. The first-order valence-electron chi connectivity index (χ1n) is 4.85. The maximum Gasteiger partial charge on any atom is 0.305 e. The zero-order valence-electron chi connectivity index (χ0n) is 9.05. The molecule has 0 saturated carbocycles. The molecule has 0 bridgehead atoms. The Balaban J connectivity index is 2.87. The van der Waals surface area contributed by atoms with E-state index in [9.17, 15) is 19.7 Å². The van der Waals surface area contributed by atoms with Crippen LogP contribution in [0.25, 0.3) is 0 Å². The number of amides is 1. The highest BCUT2D eigenvalue weighted by molar-refractivity contribution is 6.31.